The van der Waals surface area contributed by atoms with Crippen LogP contribution in [-0.2, 0) is 9.53 Å². The molecule has 5 nitrogen and oxygen atoms in total. The van der Waals surface area contributed by atoms with Gasteiger partial charge in [0.05, 0.1) is 23.8 Å². The molecule has 134 valence electrons. The quantitative estimate of drug-likeness (QED) is 0.473. The molecule has 0 amide bonds. The minimum Gasteiger partial charge on any atom is -0.468 e. The standard InChI is InChI=1S/C19H24N2O3S/c1-12-7-6-10-16(13(12)2)21-18(23)14-8-4-5-9-15(14)20-19(21)25-11-17(22)24-3/h4-5,8-9,12-13,16H,6-7,10-11H2,1-3H3/t12-,13-,16+/m1/s1. The van der Waals surface area contributed by atoms with Crippen molar-refractivity contribution in [2.45, 2.75) is 44.3 Å². The fourth-order valence-electron chi connectivity index (χ4n) is 3.62. The third-order valence-electron chi connectivity index (χ3n) is 5.32. The number of fused-ring (bicyclic) bond motifs is 1. The normalized spacial score (nSPS) is 23.6. The molecular formula is C19H24N2O3S. The highest BCUT2D eigenvalue weighted by Gasteiger charge is 2.31. The van der Waals surface area contributed by atoms with Crippen LogP contribution in [0.1, 0.15) is 39.2 Å². The van der Waals surface area contributed by atoms with Gasteiger partial charge in [-0.25, -0.2) is 4.98 Å². The number of hydrogen-bond acceptors (Lipinski definition) is 5. The number of hydrogen-bond donors (Lipinski definition) is 0. The number of rotatable bonds is 4. The first-order valence-electron chi connectivity index (χ1n) is 8.73. The van der Waals surface area contributed by atoms with Gasteiger partial charge in [-0.15, -0.1) is 0 Å². The number of thioether (sulfide) groups is 1. The molecular weight excluding hydrogens is 336 g/mol. The zero-order valence-electron chi connectivity index (χ0n) is 14.9. The third kappa shape index (κ3) is 3.59. The van der Waals surface area contributed by atoms with E-state index in [1.54, 1.807) is 0 Å². The molecule has 1 saturated carbocycles. The van der Waals surface area contributed by atoms with Gasteiger partial charge in [-0.2, -0.15) is 0 Å². The van der Waals surface area contributed by atoms with Crippen molar-refractivity contribution in [1.29, 1.82) is 0 Å². The van der Waals surface area contributed by atoms with Gasteiger partial charge in [-0.05, 0) is 30.4 Å². The first kappa shape index (κ1) is 18.0. The SMILES string of the molecule is COC(=O)CSc1nc2ccccc2c(=O)n1[C@H]1CCC[C@@H](C)[C@H]1C. The molecule has 6 heteroatoms. The summed E-state index contributed by atoms with van der Waals surface area (Å²) in [5.74, 6) is 0.796. The van der Waals surface area contributed by atoms with Crippen LogP contribution in [0.2, 0.25) is 0 Å². The van der Waals surface area contributed by atoms with Crippen molar-refractivity contribution in [3.63, 3.8) is 0 Å². The molecule has 0 radical (unpaired) electrons. The average Bonchev–Trinajstić information content (AvgIpc) is 2.62. The van der Waals surface area contributed by atoms with Crippen molar-refractivity contribution >= 4 is 28.6 Å². The van der Waals surface area contributed by atoms with Gasteiger partial charge in [0.1, 0.15) is 0 Å². The summed E-state index contributed by atoms with van der Waals surface area (Å²) in [6.07, 6.45) is 3.27. The van der Waals surface area contributed by atoms with Crippen molar-refractivity contribution in [2.24, 2.45) is 11.8 Å². The van der Waals surface area contributed by atoms with Crippen LogP contribution in [0.25, 0.3) is 10.9 Å². The van der Waals surface area contributed by atoms with Gasteiger partial charge in [0.15, 0.2) is 5.16 Å². The van der Waals surface area contributed by atoms with E-state index in [0.29, 0.717) is 27.9 Å². The number of methoxy groups -OCH3 is 1. The number of benzene rings is 1. The van der Waals surface area contributed by atoms with Crippen molar-refractivity contribution in [3.05, 3.63) is 34.6 Å². The Balaban J connectivity index is 2.11. The van der Waals surface area contributed by atoms with Crippen LogP contribution in [0, 0.1) is 11.8 Å². The van der Waals surface area contributed by atoms with E-state index in [-0.39, 0.29) is 23.3 Å². The van der Waals surface area contributed by atoms with Crippen LogP contribution >= 0.6 is 11.8 Å². The van der Waals surface area contributed by atoms with Crippen molar-refractivity contribution in [2.75, 3.05) is 12.9 Å². The molecule has 3 rings (SSSR count). The molecule has 0 spiro atoms. The first-order chi connectivity index (χ1) is 12.0. The molecule has 1 aliphatic rings. The van der Waals surface area contributed by atoms with Crippen LogP contribution in [0.15, 0.2) is 34.2 Å². The number of ether oxygens (including phenoxy) is 1. The van der Waals surface area contributed by atoms with E-state index in [1.165, 1.54) is 25.3 Å². The number of carbonyl (C=O) groups excluding carboxylic acids is 1. The average molecular weight is 360 g/mol. The fraction of sp³-hybridized carbons (Fsp3) is 0.526. The molecule has 1 aromatic heterocycles. The number of nitrogens with zero attached hydrogens (tertiary/aromatic N) is 2. The van der Waals surface area contributed by atoms with Gasteiger partial charge in [-0.3, -0.25) is 14.2 Å². The Morgan fingerprint density at radius 2 is 2.08 bits per heavy atom. The van der Waals surface area contributed by atoms with Gasteiger partial charge < -0.3 is 4.74 Å². The summed E-state index contributed by atoms with van der Waals surface area (Å²) >= 11 is 1.28. The van der Waals surface area contributed by atoms with E-state index in [1.807, 2.05) is 28.8 Å². The zero-order valence-corrected chi connectivity index (χ0v) is 15.7. The molecule has 0 N–H and O–H groups in total. The minimum absolute atomic E-state index is 0.0103. The second-order valence-electron chi connectivity index (χ2n) is 6.79. The molecule has 3 atom stereocenters. The third-order valence-corrected chi connectivity index (χ3v) is 6.24. The Bertz CT molecular complexity index is 833. The Labute approximate surface area is 151 Å². The molecule has 0 bridgehead atoms. The van der Waals surface area contributed by atoms with Gasteiger partial charge in [0.25, 0.3) is 5.56 Å². The van der Waals surface area contributed by atoms with Crippen LogP contribution in [-0.4, -0.2) is 28.4 Å². The van der Waals surface area contributed by atoms with Gasteiger partial charge in [0.2, 0.25) is 0 Å². The maximum absolute atomic E-state index is 13.2. The second kappa shape index (κ2) is 7.60. The lowest BCUT2D eigenvalue weighted by Gasteiger charge is -2.36. The Morgan fingerprint density at radius 1 is 1.32 bits per heavy atom. The number of carbonyl (C=O) groups is 1. The molecule has 1 heterocycles. The Hall–Kier alpha value is -1.82. The summed E-state index contributed by atoms with van der Waals surface area (Å²) in [4.78, 5) is 29.5. The maximum atomic E-state index is 13.2. The van der Waals surface area contributed by atoms with Gasteiger partial charge in [-0.1, -0.05) is 50.6 Å². The molecule has 1 fully saturated rings. The lowest BCUT2D eigenvalue weighted by atomic mass is 9.78. The van der Waals surface area contributed by atoms with Crippen molar-refractivity contribution < 1.29 is 9.53 Å². The Morgan fingerprint density at radius 3 is 2.84 bits per heavy atom. The van der Waals surface area contributed by atoms with E-state index in [2.05, 4.69) is 13.8 Å². The second-order valence-corrected chi connectivity index (χ2v) is 7.73. The van der Waals surface area contributed by atoms with Crippen molar-refractivity contribution in [1.82, 2.24) is 9.55 Å². The largest absolute Gasteiger partial charge is 0.468 e. The van der Waals surface area contributed by atoms with Gasteiger partial charge >= 0.3 is 5.97 Å². The highest BCUT2D eigenvalue weighted by Crippen LogP contribution is 2.38. The number of esters is 1. The molecule has 0 saturated heterocycles. The highest BCUT2D eigenvalue weighted by molar-refractivity contribution is 7.99. The van der Waals surface area contributed by atoms with Crippen LogP contribution in [0.5, 0.6) is 0 Å². The van der Waals surface area contributed by atoms with E-state index < -0.39 is 0 Å². The number of aromatic nitrogens is 2. The summed E-state index contributed by atoms with van der Waals surface area (Å²) in [7, 11) is 1.37. The van der Waals surface area contributed by atoms with Crippen LogP contribution in [0.3, 0.4) is 0 Å². The molecule has 2 aromatic rings. The predicted molar refractivity (Wildman–Crippen MR) is 100.0 cm³/mol. The molecule has 1 aromatic carbocycles. The van der Waals surface area contributed by atoms with Crippen LogP contribution < -0.4 is 5.56 Å². The minimum atomic E-state index is -0.316. The van der Waals surface area contributed by atoms with Crippen molar-refractivity contribution in [3.8, 4) is 0 Å². The summed E-state index contributed by atoms with van der Waals surface area (Å²) < 4.78 is 6.57. The van der Waals surface area contributed by atoms with E-state index >= 15 is 0 Å². The van der Waals surface area contributed by atoms with Gasteiger partial charge in [0, 0.05) is 6.04 Å². The fourth-order valence-corrected chi connectivity index (χ4v) is 4.51. The molecule has 25 heavy (non-hydrogen) atoms. The predicted octanol–water partition coefficient (Wildman–Crippen LogP) is 3.66. The maximum Gasteiger partial charge on any atom is 0.316 e. The van der Waals surface area contributed by atoms with Crippen LogP contribution in [0.4, 0.5) is 0 Å². The zero-order chi connectivity index (χ0) is 18.0. The summed E-state index contributed by atoms with van der Waals surface area (Å²) in [6.45, 7) is 4.46. The lowest BCUT2D eigenvalue weighted by Crippen LogP contribution is -2.35. The topological polar surface area (TPSA) is 61.2 Å². The molecule has 0 aliphatic heterocycles. The van der Waals surface area contributed by atoms with E-state index in [0.717, 1.165) is 12.8 Å². The summed E-state index contributed by atoms with van der Waals surface area (Å²) in [5.41, 5.74) is 0.663. The lowest BCUT2D eigenvalue weighted by molar-refractivity contribution is -0.137. The molecule has 1 aliphatic carbocycles. The first-order valence-corrected chi connectivity index (χ1v) is 9.72. The smallest absolute Gasteiger partial charge is 0.316 e. The van der Waals surface area contributed by atoms with E-state index in [4.69, 9.17) is 9.72 Å². The Kier molecular flexibility index (Phi) is 5.47. The monoisotopic (exact) mass is 360 g/mol. The number of para-hydroxylation sites is 1. The summed E-state index contributed by atoms with van der Waals surface area (Å²) in [5, 5.41) is 1.25. The summed E-state index contributed by atoms with van der Waals surface area (Å²) in [6, 6.07) is 7.53. The molecule has 0 unspecified atom stereocenters. The van der Waals surface area contributed by atoms with E-state index in [9.17, 15) is 9.59 Å². The highest BCUT2D eigenvalue weighted by atomic mass is 32.2.